The fourth-order valence-corrected chi connectivity index (χ4v) is 3.82. The van der Waals surface area contributed by atoms with E-state index in [0.29, 0.717) is 22.9 Å². The van der Waals surface area contributed by atoms with Gasteiger partial charge >= 0.3 is 0 Å². The molecule has 0 spiro atoms. The van der Waals surface area contributed by atoms with E-state index in [2.05, 4.69) is 25.6 Å². The Hall–Kier alpha value is -3.59. The van der Waals surface area contributed by atoms with E-state index < -0.39 is 0 Å². The summed E-state index contributed by atoms with van der Waals surface area (Å²) in [6, 6.07) is 13.4. The van der Waals surface area contributed by atoms with Crippen molar-refractivity contribution in [2.75, 3.05) is 0 Å². The number of nitrogens with one attached hydrogen (secondary N) is 1. The van der Waals surface area contributed by atoms with Crippen LogP contribution in [0.15, 0.2) is 54.0 Å². The molecule has 5 aromatic rings. The van der Waals surface area contributed by atoms with E-state index >= 15 is 0 Å². The number of thiophene rings is 1. The Labute approximate surface area is 163 Å². The monoisotopic (exact) mass is 389 g/mol. The quantitative estimate of drug-likeness (QED) is 0.510. The highest BCUT2D eigenvalue weighted by molar-refractivity contribution is 7.13. The summed E-state index contributed by atoms with van der Waals surface area (Å²) in [5.41, 5.74) is 3.40. The van der Waals surface area contributed by atoms with Crippen LogP contribution >= 0.6 is 11.3 Å². The van der Waals surface area contributed by atoms with Gasteiger partial charge in [-0.25, -0.2) is 4.98 Å². The molecule has 5 aromatic heterocycles. The van der Waals surface area contributed by atoms with Crippen molar-refractivity contribution in [3.8, 4) is 10.6 Å². The lowest BCUT2D eigenvalue weighted by atomic mass is 10.3. The third-order valence-electron chi connectivity index (χ3n) is 4.43. The molecule has 0 aliphatic heterocycles. The summed E-state index contributed by atoms with van der Waals surface area (Å²) in [6.45, 7) is 2.03. The number of pyridine rings is 1. The number of nitrogens with zero attached hydrogens (tertiary/aromatic N) is 6. The Morgan fingerprint density at radius 3 is 2.89 bits per heavy atom. The van der Waals surface area contributed by atoms with E-state index in [4.69, 9.17) is 0 Å². The van der Waals surface area contributed by atoms with Crippen molar-refractivity contribution in [3.63, 3.8) is 0 Å². The first-order chi connectivity index (χ1) is 13.7. The molecule has 0 fully saturated rings. The maximum absolute atomic E-state index is 12.8. The van der Waals surface area contributed by atoms with Crippen LogP contribution in [-0.2, 0) is 6.54 Å². The summed E-state index contributed by atoms with van der Waals surface area (Å²) in [7, 11) is 0. The number of hydrogen-bond acceptors (Lipinski definition) is 6. The van der Waals surface area contributed by atoms with E-state index in [1.165, 1.54) is 0 Å². The van der Waals surface area contributed by atoms with Gasteiger partial charge in [0, 0.05) is 6.20 Å². The van der Waals surface area contributed by atoms with Crippen molar-refractivity contribution in [2.45, 2.75) is 13.5 Å². The topological polar surface area (TPSA) is 89.5 Å². The molecule has 5 rings (SSSR count). The van der Waals surface area contributed by atoms with Gasteiger partial charge in [-0.1, -0.05) is 12.1 Å². The number of carbonyl (C=O) groups is 1. The molecule has 28 heavy (non-hydrogen) atoms. The number of hydrogen-bond donors (Lipinski definition) is 1. The maximum atomic E-state index is 12.8. The van der Waals surface area contributed by atoms with Gasteiger partial charge in [0.25, 0.3) is 5.91 Å². The molecule has 138 valence electrons. The maximum Gasteiger partial charge on any atom is 0.270 e. The van der Waals surface area contributed by atoms with E-state index in [-0.39, 0.29) is 12.5 Å². The first-order valence-electron chi connectivity index (χ1n) is 8.68. The SMILES string of the molecule is Cc1nc2ccccn2c1C(=O)NCc1nnc2ccc(-c3cccs3)nn12. The molecule has 0 saturated carbocycles. The van der Waals surface area contributed by atoms with Crippen LogP contribution in [0.25, 0.3) is 21.9 Å². The number of carbonyl (C=O) groups excluding carboxylic acids is 1. The zero-order valence-corrected chi connectivity index (χ0v) is 15.7. The lowest BCUT2D eigenvalue weighted by Crippen LogP contribution is -2.26. The lowest BCUT2D eigenvalue weighted by molar-refractivity contribution is 0.0943. The molecule has 0 radical (unpaired) electrons. The van der Waals surface area contributed by atoms with Crippen molar-refractivity contribution in [3.05, 3.63) is 71.3 Å². The standard InChI is InChI=1S/C19H15N7OS/c1-12-18(25-9-3-2-6-15(25)21-12)19(27)20-11-17-23-22-16-8-7-13(24-26(16)17)14-5-4-10-28-14/h2-10H,11H2,1H3,(H,20,27). The average Bonchev–Trinajstić information content (AvgIpc) is 3.43. The molecule has 0 saturated heterocycles. The highest BCUT2D eigenvalue weighted by Gasteiger charge is 2.17. The summed E-state index contributed by atoms with van der Waals surface area (Å²) in [5, 5.41) is 17.8. The number of rotatable bonds is 4. The average molecular weight is 389 g/mol. The van der Waals surface area contributed by atoms with Crippen LogP contribution in [0.5, 0.6) is 0 Å². The van der Waals surface area contributed by atoms with Gasteiger partial charge in [0.15, 0.2) is 11.5 Å². The molecular weight excluding hydrogens is 374 g/mol. The minimum Gasteiger partial charge on any atom is -0.343 e. The normalized spacial score (nSPS) is 11.3. The Morgan fingerprint density at radius 2 is 2.04 bits per heavy atom. The van der Waals surface area contributed by atoms with Crippen LogP contribution in [0, 0.1) is 6.92 Å². The molecule has 1 N–H and O–H groups in total. The highest BCUT2D eigenvalue weighted by Crippen LogP contribution is 2.22. The van der Waals surface area contributed by atoms with Gasteiger partial charge < -0.3 is 5.32 Å². The van der Waals surface area contributed by atoms with Gasteiger partial charge in [0.1, 0.15) is 17.0 Å². The predicted molar refractivity (Wildman–Crippen MR) is 105 cm³/mol. The summed E-state index contributed by atoms with van der Waals surface area (Å²) < 4.78 is 3.44. The number of aryl methyl sites for hydroxylation is 1. The second-order valence-corrected chi connectivity index (χ2v) is 7.19. The number of aromatic nitrogens is 6. The number of fused-ring (bicyclic) bond motifs is 2. The molecule has 0 bridgehead atoms. The van der Waals surface area contributed by atoms with Crippen LogP contribution in [0.4, 0.5) is 0 Å². The summed E-state index contributed by atoms with van der Waals surface area (Å²) in [6.07, 6.45) is 1.82. The molecule has 5 heterocycles. The van der Waals surface area contributed by atoms with Gasteiger partial charge in [0.05, 0.1) is 17.1 Å². The van der Waals surface area contributed by atoms with Crippen LogP contribution in [0.3, 0.4) is 0 Å². The van der Waals surface area contributed by atoms with Crippen molar-refractivity contribution in [1.82, 2.24) is 34.5 Å². The van der Waals surface area contributed by atoms with Crippen LogP contribution in [0.1, 0.15) is 22.0 Å². The van der Waals surface area contributed by atoms with E-state index in [1.54, 1.807) is 20.3 Å². The highest BCUT2D eigenvalue weighted by atomic mass is 32.1. The Balaban J connectivity index is 1.43. The van der Waals surface area contributed by atoms with E-state index in [9.17, 15) is 4.79 Å². The Morgan fingerprint density at radius 1 is 1.11 bits per heavy atom. The second-order valence-electron chi connectivity index (χ2n) is 6.24. The van der Waals surface area contributed by atoms with Gasteiger partial charge in [-0.3, -0.25) is 9.20 Å². The fraction of sp³-hybridized carbons (Fsp3) is 0.105. The minimum absolute atomic E-state index is 0.209. The first kappa shape index (κ1) is 16.6. The summed E-state index contributed by atoms with van der Waals surface area (Å²) >= 11 is 1.62. The van der Waals surface area contributed by atoms with Crippen molar-refractivity contribution in [2.24, 2.45) is 0 Å². The fourth-order valence-electron chi connectivity index (χ4n) is 3.13. The summed E-state index contributed by atoms with van der Waals surface area (Å²) in [5.74, 6) is 0.343. The molecule has 0 aromatic carbocycles. The molecule has 0 unspecified atom stereocenters. The zero-order chi connectivity index (χ0) is 19.1. The largest absolute Gasteiger partial charge is 0.343 e. The van der Waals surface area contributed by atoms with Crippen LogP contribution in [0.2, 0.25) is 0 Å². The molecule has 0 atom stereocenters. The van der Waals surface area contributed by atoms with Gasteiger partial charge in [-0.15, -0.1) is 21.5 Å². The van der Waals surface area contributed by atoms with Gasteiger partial charge in [-0.05, 0) is 42.6 Å². The molecule has 0 aliphatic carbocycles. The molecule has 8 nitrogen and oxygen atoms in total. The second kappa shape index (κ2) is 6.54. The zero-order valence-electron chi connectivity index (χ0n) is 14.9. The molecule has 9 heteroatoms. The van der Waals surface area contributed by atoms with E-state index in [1.807, 2.05) is 61.0 Å². The lowest BCUT2D eigenvalue weighted by Gasteiger charge is -2.05. The number of amides is 1. The van der Waals surface area contributed by atoms with Crippen LogP contribution in [-0.4, -0.2) is 35.1 Å². The van der Waals surface area contributed by atoms with E-state index in [0.717, 1.165) is 16.2 Å². The van der Waals surface area contributed by atoms with Crippen molar-refractivity contribution in [1.29, 1.82) is 0 Å². The molecular formula is C19H15N7OS. The first-order valence-corrected chi connectivity index (χ1v) is 9.56. The number of imidazole rings is 1. The molecule has 0 aliphatic rings. The Bertz CT molecular complexity index is 1300. The third-order valence-corrected chi connectivity index (χ3v) is 5.32. The van der Waals surface area contributed by atoms with Gasteiger partial charge in [0.2, 0.25) is 0 Å². The predicted octanol–water partition coefficient (Wildman–Crippen LogP) is 2.74. The minimum atomic E-state index is -0.220. The summed E-state index contributed by atoms with van der Waals surface area (Å²) in [4.78, 5) is 18.3. The Kier molecular flexibility index (Phi) is 3.87. The molecule has 1 amide bonds. The third kappa shape index (κ3) is 2.72. The smallest absolute Gasteiger partial charge is 0.270 e. The van der Waals surface area contributed by atoms with Gasteiger partial charge in [-0.2, -0.15) is 9.61 Å². The van der Waals surface area contributed by atoms with Crippen LogP contribution < -0.4 is 5.32 Å². The van der Waals surface area contributed by atoms with Crippen molar-refractivity contribution < 1.29 is 4.79 Å². The van der Waals surface area contributed by atoms with Crippen molar-refractivity contribution >= 4 is 28.5 Å².